The molecule has 0 aliphatic carbocycles. The molecule has 1 aliphatic rings. The highest BCUT2D eigenvalue weighted by Crippen LogP contribution is 2.33. The second-order valence-corrected chi connectivity index (χ2v) is 8.32. The van der Waals surface area contributed by atoms with E-state index in [1.807, 2.05) is 32.0 Å². The van der Waals surface area contributed by atoms with Gasteiger partial charge in [-0.15, -0.1) is 4.40 Å². The van der Waals surface area contributed by atoms with Gasteiger partial charge in [-0.25, -0.2) is 8.42 Å². The maximum atomic E-state index is 12.5. The number of benzene rings is 1. The number of carbonyl (C=O) groups is 1. The van der Waals surface area contributed by atoms with Crippen molar-refractivity contribution in [3.8, 4) is 0 Å². The van der Waals surface area contributed by atoms with Gasteiger partial charge in [0.2, 0.25) is 5.91 Å². The molecule has 1 unspecified atom stereocenters. The van der Waals surface area contributed by atoms with E-state index in [9.17, 15) is 13.2 Å². The van der Waals surface area contributed by atoms with Crippen molar-refractivity contribution in [2.24, 2.45) is 4.40 Å². The summed E-state index contributed by atoms with van der Waals surface area (Å²) < 4.78 is 28.3. The van der Waals surface area contributed by atoms with E-state index in [-0.39, 0.29) is 22.1 Å². The molecule has 5 nitrogen and oxygen atoms in total. The molecule has 1 saturated heterocycles. The van der Waals surface area contributed by atoms with Crippen LogP contribution in [0.1, 0.15) is 39.5 Å². The fourth-order valence-corrected chi connectivity index (χ4v) is 4.72. The van der Waals surface area contributed by atoms with E-state index in [1.165, 1.54) is 16.7 Å². The first kappa shape index (κ1) is 18.0. The second kappa shape index (κ2) is 7.97. The fourth-order valence-electron chi connectivity index (χ4n) is 2.30. The molecule has 1 atom stereocenters. The lowest BCUT2D eigenvalue weighted by atomic mass is 10.2. The first-order chi connectivity index (χ1) is 11.0. The van der Waals surface area contributed by atoms with Gasteiger partial charge in [0.1, 0.15) is 0 Å². The third-order valence-electron chi connectivity index (χ3n) is 3.54. The van der Waals surface area contributed by atoms with Gasteiger partial charge < -0.3 is 0 Å². The molecule has 1 aromatic rings. The number of sulfonamides is 1. The minimum Gasteiger partial charge on any atom is -0.273 e. The number of amides is 1. The topological polar surface area (TPSA) is 66.8 Å². The smallest absolute Gasteiger partial charge is 0.255 e. The van der Waals surface area contributed by atoms with Gasteiger partial charge in [-0.2, -0.15) is 0 Å². The van der Waals surface area contributed by atoms with Crippen molar-refractivity contribution < 1.29 is 13.2 Å². The van der Waals surface area contributed by atoms with Crippen molar-refractivity contribution in [1.82, 2.24) is 0 Å². The number of nitrogens with zero attached hydrogens (tertiary/aromatic N) is 2. The Balaban J connectivity index is 2.30. The van der Waals surface area contributed by atoms with Gasteiger partial charge in [0.15, 0.2) is 5.17 Å². The Morgan fingerprint density at radius 2 is 1.87 bits per heavy atom. The Labute approximate surface area is 142 Å². The zero-order valence-corrected chi connectivity index (χ0v) is 15.1. The molecule has 1 amide bonds. The van der Waals surface area contributed by atoms with Crippen molar-refractivity contribution in [2.75, 3.05) is 10.7 Å². The molecular formula is C16H22N2O3S2. The Kier molecular flexibility index (Phi) is 6.24. The van der Waals surface area contributed by atoms with Crippen LogP contribution in [0.15, 0.2) is 34.7 Å². The highest BCUT2D eigenvalue weighted by Gasteiger charge is 2.38. The van der Waals surface area contributed by atoms with Gasteiger partial charge in [0.05, 0.1) is 16.7 Å². The predicted molar refractivity (Wildman–Crippen MR) is 96.3 cm³/mol. The lowest BCUT2D eigenvalue weighted by molar-refractivity contribution is -0.116. The SMILES string of the molecule is CCCCCS(=O)(=O)/N=C1\SC(CC)C(=O)N1c1ccccc1. The van der Waals surface area contributed by atoms with Gasteiger partial charge >= 0.3 is 0 Å². The average Bonchev–Trinajstić information content (AvgIpc) is 2.83. The number of amidine groups is 1. The van der Waals surface area contributed by atoms with E-state index in [0.717, 1.165) is 12.8 Å². The summed E-state index contributed by atoms with van der Waals surface area (Å²) in [7, 11) is -3.56. The van der Waals surface area contributed by atoms with Gasteiger partial charge in [0.25, 0.3) is 10.0 Å². The number of carbonyl (C=O) groups excluding carboxylic acids is 1. The second-order valence-electron chi connectivity index (χ2n) is 5.39. The molecule has 0 bridgehead atoms. The van der Waals surface area contributed by atoms with Gasteiger partial charge in [-0.1, -0.05) is 56.7 Å². The molecule has 1 aromatic carbocycles. The maximum absolute atomic E-state index is 12.5. The van der Waals surface area contributed by atoms with Crippen molar-refractivity contribution >= 4 is 38.5 Å². The van der Waals surface area contributed by atoms with Crippen LogP contribution in [0.2, 0.25) is 0 Å². The molecule has 0 aromatic heterocycles. The average molecular weight is 354 g/mol. The number of hydrogen-bond donors (Lipinski definition) is 0. The number of thioether (sulfide) groups is 1. The van der Waals surface area contributed by atoms with Crippen molar-refractivity contribution in [1.29, 1.82) is 0 Å². The van der Waals surface area contributed by atoms with Crippen molar-refractivity contribution in [3.63, 3.8) is 0 Å². The normalized spacial score (nSPS) is 20.4. The lowest BCUT2D eigenvalue weighted by Gasteiger charge is -2.16. The Bertz CT molecular complexity index is 672. The molecule has 1 heterocycles. The molecule has 23 heavy (non-hydrogen) atoms. The summed E-state index contributed by atoms with van der Waals surface area (Å²) in [5, 5.41) is -0.00986. The van der Waals surface area contributed by atoms with E-state index in [4.69, 9.17) is 0 Å². The third kappa shape index (κ3) is 4.57. The summed E-state index contributed by atoms with van der Waals surface area (Å²) in [4.78, 5) is 13.9. The summed E-state index contributed by atoms with van der Waals surface area (Å²) >= 11 is 1.24. The fraction of sp³-hybridized carbons (Fsp3) is 0.500. The molecule has 0 N–H and O–H groups in total. The number of anilines is 1. The quantitative estimate of drug-likeness (QED) is 0.704. The molecule has 7 heteroatoms. The Morgan fingerprint density at radius 1 is 1.17 bits per heavy atom. The molecule has 0 radical (unpaired) electrons. The number of para-hydroxylation sites is 1. The molecule has 0 spiro atoms. The van der Waals surface area contributed by atoms with E-state index in [0.29, 0.717) is 18.5 Å². The number of hydrogen-bond acceptors (Lipinski definition) is 4. The first-order valence-corrected chi connectivity index (χ1v) is 10.4. The summed E-state index contributed by atoms with van der Waals surface area (Å²) in [6.07, 6.45) is 3.04. The molecular weight excluding hydrogens is 332 g/mol. The minimum absolute atomic E-state index is 0.0263. The van der Waals surface area contributed by atoms with Crippen molar-refractivity contribution in [2.45, 2.75) is 44.8 Å². The first-order valence-electron chi connectivity index (χ1n) is 7.86. The van der Waals surface area contributed by atoms with Crippen LogP contribution in [0.25, 0.3) is 0 Å². The summed E-state index contributed by atoms with van der Waals surface area (Å²) in [6.45, 7) is 3.93. The van der Waals surface area contributed by atoms with Crippen LogP contribution in [-0.4, -0.2) is 30.5 Å². The summed E-state index contributed by atoms with van der Waals surface area (Å²) in [5.41, 5.74) is 0.656. The summed E-state index contributed by atoms with van der Waals surface area (Å²) in [5.74, 6) is -0.0791. The molecule has 126 valence electrons. The molecule has 1 fully saturated rings. The van der Waals surface area contributed by atoms with Crippen LogP contribution in [-0.2, 0) is 14.8 Å². The van der Waals surface area contributed by atoms with Crippen LogP contribution in [0.5, 0.6) is 0 Å². The van der Waals surface area contributed by atoms with Crippen LogP contribution >= 0.6 is 11.8 Å². The van der Waals surface area contributed by atoms with Gasteiger partial charge in [-0.05, 0) is 25.0 Å². The highest BCUT2D eigenvalue weighted by atomic mass is 32.2. The monoisotopic (exact) mass is 354 g/mol. The van der Waals surface area contributed by atoms with Crippen molar-refractivity contribution in [3.05, 3.63) is 30.3 Å². The van der Waals surface area contributed by atoms with Crippen LogP contribution in [0, 0.1) is 0 Å². The number of unbranched alkanes of at least 4 members (excludes halogenated alkanes) is 2. The van der Waals surface area contributed by atoms with Crippen LogP contribution in [0.4, 0.5) is 5.69 Å². The highest BCUT2D eigenvalue weighted by molar-refractivity contribution is 8.16. The van der Waals surface area contributed by atoms with E-state index in [1.54, 1.807) is 12.1 Å². The zero-order chi connectivity index (χ0) is 16.9. The van der Waals surface area contributed by atoms with Crippen LogP contribution < -0.4 is 4.90 Å². The third-order valence-corrected chi connectivity index (χ3v) is 6.22. The maximum Gasteiger partial charge on any atom is 0.255 e. The Morgan fingerprint density at radius 3 is 2.48 bits per heavy atom. The summed E-state index contributed by atoms with van der Waals surface area (Å²) in [6, 6.07) is 9.07. The predicted octanol–water partition coefficient (Wildman–Crippen LogP) is 3.42. The number of rotatable bonds is 7. The standard InChI is InChI=1S/C16H22N2O3S2/c1-3-5-9-12-23(20,21)17-16-18(13-10-7-6-8-11-13)15(19)14(4-2)22-16/h6-8,10-11,14H,3-5,9,12H2,1-2H3/b17-16-. The lowest BCUT2D eigenvalue weighted by Crippen LogP contribution is -2.32. The van der Waals surface area contributed by atoms with E-state index >= 15 is 0 Å². The molecule has 1 aliphatic heterocycles. The van der Waals surface area contributed by atoms with Crippen LogP contribution in [0.3, 0.4) is 0 Å². The zero-order valence-electron chi connectivity index (χ0n) is 13.4. The van der Waals surface area contributed by atoms with E-state index in [2.05, 4.69) is 4.40 Å². The molecule has 2 rings (SSSR count). The van der Waals surface area contributed by atoms with Gasteiger partial charge in [-0.3, -0.25) is 9.69 Å². The minimum atomic E-state index is -3.56. The molecule has 0 saturated carbocycles. The largest absolute Gasteiger partial charge is 0.273 e. The van der Waals surface area contributed by atoms with E-state index < -0.39 is 10.0 Å². The Hall–Kier alpha value is -1.34. The van der Waals surface area contributed by atoms with Gasteiger partial charge in [0, 0.05) is 0 Å².